The van der Waals surface area contributed by atoms with Crippen molar-refractivity contribution >= 4 is 23.8 Å². The van der Waals surface area contributed by atoms with Gasteiger partial charge in [-0.1, -0.05) is 54.6 Å². The van der Waals surface area contributed by atoms with Crippen LogP contribution >= 0.6 is 7.92 Å². The van der Waals surface area contributed by atoms with Crippen LogP contribution in [0.25, 0.3) is 0 Å². The van der Waals surface area contributed by atoms with Gasteiger partial charge in [-0.25, -0.2) is 0 Å². The Morgan fingerprint density at radius 1 is 0.552 bits per heavy atom. The van der Waals surface area contributed by atoms with Crippen molar-refractivity contribution in [2.75, 3.05) is 0 Å². The van der Waals surface area contributed by atoms with Crippen LogP contribution in [0.4, 0.5) is 0 Å². The normalized spacial score (nSPS) is 8.45. The second-order valence-electron chi connectivity index (χ2n) is 5.16. The van der Waals surface area contributed by atoms with E-state index >= 15 is 0 Å². The molecule has 0 fully saturated rings. The molecule has 0 aliphatic rings. The van der Waals surface area contributed by atoms with E-state index in [2.05, 4.69) is 129 Å². The molecule has 4 aromatic carbocycles. The summed E-state index contributed by atoms with van der Waals surface area (Å²) >= 11 is 0. The topological polar surface area (TPSA) is 39.8 Å². The molecule has 0 saturated carbocycles. The Labute approximate surface area is 184 Å². The van der Waals surface area contributed by atoms with Crippen molar-refractivity contribution < 1.29 is 26.4 Å². The predicted molar refractivity (Wildman–Crippen MR) is 112 cm³/mol. The fourth-order valence-corrected chi connectivity index (χ4v) is 5.07. The van der Waals surface area contributed by atoms with Crippen LogP contribution in [0, 0.1) is 37.6 Å². The minimum absolute atomic E-state index is 0. The Morgan fingerprint density at radius 3 is 1.03 bits per heavy atom. The van der Waals surface area contributed by atoms with E-state index in [0.29, 0.717) is 0 Å². The van der Waals surface area contributed by atoms with Crippen LogP contribution in [0.3, 0.4) is 0 Å². The van der Waals surface area contributed by atoms with Crippen LogP contribution in [0.15, 0.2) is 97.1 Å². The molecule has 0 aromatic heterocycles. The van der Waals surface area contributed by atoms with Crippen molar-refractivity contribution in [2.45, 2.75) is 0 Å². The van der Waals surface area contributed by atoms with E-state index < -0.39 is 7.92 Å². The van der Waals surface area contributed by atoms with Gasteiger partial charge in [0.1, 0.15) is 15.9 Å². The van der Waals surface area contributed by atoms with Gasteiger partial charge in [-0.2, -0.15) is 0 Å². The Balaban J connectivity index is 0.000000667. The molecule has 0 atom stereocenters. The molecule has 0 unspecified atom stereocenters. The van der Waals surface area contributed by atoms with Crippen LogP contribution in [0.2, 0.25) is 0 Å². The smallest absolute Gasteiger partial charge is 0.999 e. The number of benzene rings is 3. The van der Waals surface area contributed by atoms with Crippen molar-refractivity contribution in [1.29, 1.82) is 0 Å². The first kappa shape index (κ1) is 26.4. The largest absolute Gasteiger partial charge is 2.00 e. The van der Waals surface area contributed by atoms with Gasteiger partial charge in [0.25, 0.3) is 0 Å². The van der Waals surface area contributed by atoms with Gasteiger partial charge in [0.2, 0.25) is 0 Å². The third kappa shape index (κ3) is 9.46. The van der Waals surface area contributed by atoms with E-state index in [-0.39, 0.29) is 17.1 Å². The van der Waals surface area contributed by atoms with Crippen LogP contribution in [0.5, 0.6) is 0 Å². The summed E-state index contributed by atoms with van der Waals surface area (Å²) in [5, 5.41) is 4.31. The molecular weight excluding hydrogens is 419 g/mol. The Bertz CT molecular complexity index is 773. The van der Waals surface area contributed by atoms with Crippen LogP contribution in [-0.2, 0) is 26.4 Å². The molecule has 4 rings (SSSR count). The van der Waals surface area contributed by atoms with Gasteiger partial charge in [0, 0.05) is 0 Å². The minimum Gasteiger partial charge on any atom is -0.999 e. The molecule has 0 amide bonds. The molecule has 0 heterocycles. The minimum atomic E-state index is -0.877. The molecule has 0 radical (unpaired) electrons. The van der Waals surface area contributed by atoms with E-state index in [0.717, 1.165) is 0 Å². The molecule has 4 aromatic rings. The van der Waals surface area contributed by atoms with Gasteiger partial charge in [0.05, 0.1) is 7.92 Å². The van der Waals surface area contributed by atoms with E-state index in [1.807, 2.05) is 0 Å². The monoisotopic (exact) mass is 436 g/mol. The zero-order valence-electron chi connectivity index (χ0n) is 15.4. The summed E-state index contributed by atoms with van der Waals surface area (Å²) in [6.07, 6.45) is 0. The molecule has 4 heteroatoms. The molecule has 0 aliphatic carbocycles. The molecule has 0 N–H and O–H groups in total. The third-order valence-electron chi connectivity index (χ3n) is 3.54. The second-order valence-corrected chi connectivity index (χ2v) is 7.64. The number of hydrogen-bond donors (Lipinski definition) is 0. The summed E-state index contributed by atoms with van der Waals surface area (Å²) < 4.78 is 15.0. The molecule has 0 aliphatic heterocycles. The predicted octanol–water partition coefficient (Wildman–Crippen LogP) is 3.71. The third-order valence-corrected chi connectivity index (χ3v) is 6.27. The molecule has 2 nitrogen and oxygen atoms in total. The van der Waals surface area contributed by atoms with Crippen LogP contribution in [-0.4, -0.2) is 0 Å². The van der Waals surface area contributed by atoms with Crippen LogP contribution < -0.4 is 15.9 Å². The van der Waals surface area contributed by atoms with E-state index in [1.54, 1.807) is 6.07 Å². The van der Waals surface area contributed by atoms with Gasteiger partial charge in [-0.05, 0) is 36.4 Å². The van der Waals surface area contributed by atoms with Crippen molar-refractivity contribution in [3.8, 4) is 0 Å². The standard InChI is InChI=1S/C18H15P.C5H.2CO.Fe/c1-4-10-16(11-5-1)19(17-12-6-2-7-13-17)18-14-8-3-9-15-18;1-2-4-5-3-1;2*1-2;/h1-15H;1H;;;/q;-5;;;+2/p+1. The molecule has 29 heavy (non-hydrogen) atoms. The summed E-state index contributed by atoms with van der Waals surface area (Å²) in [5.41, 5.74) is 0. The second kappa shape index (κ2) is 17.5. The fraction of sp³-hybridized carbons (Fsp3) is 0. The van der Waals surface area contributed by atoms with Gasteiger partial charge < -0.3 is 30.3 Å². The number of hydrogen-bond acceptors (Lipinski definition) is 0. The van der Waals surface area contributed by atoms with Gasteiger partial charge in [0.15, 0.2) is 0 Å². The van der Waals surface area contributed by atoms with E-state index in [9.17, 15) is 0 Å². The maximum atomic E-state index is 7.50. The summed E-state index contributed by atoms with van der Waals surface area (Å²) in [5.74, 6) is 0. The zero-order valence-corrected chi connectivity index (χ0v) is 17.5. The summed E-state index contributed by atoms with van der Waals surface area (Å²) in [6.45, 7) is 9.00. The van der Waals surface area contributed by atoms with Gasteiger partial charge >= 0.3 is 39.7 Å². The first-order chi connectivity index (χ1) is 13.9. The fourth-order valence-electron chi connectivity index (χ4n) is 2.49. The maximum Gasteiger partial charge on any atom is 2.00 e. The molecular formula is C25H17FeO2P-2. The average Bonchev–Trinajstić information content (AvgIpc) is 3.39. The Hall–Kier alpha value is -2.56. The summed E-state index contributed by atoms with van der Waals surface area (Å²) in [4.78, 5) is 0. The summed E-state index contributed by atoms with van der Waals surface area (Å²) in [6, 6.07) is 44.5. The zero-order chi connectivity index (χ0) is 20.5. The van der Waals surface area contributed by atoms with Gasteiger partial charge in [-0.3, -0.25) is 0 Å². The average molecular weight is 436 g/mol. The number of rotatable bonds is 3. The quantitative estimate of drug-likeness (QED) is 0.204. The first-order valence-electron chi connectivity index (χ1n) is 8.22. The molecule has 0 spiro atoms. The SMILES string of the molecule is [C-]#[O+].[C-]#[O+].[Fe+2].[c-]1[c-][c-][cH-][c-]1.c1ccc([PH+](c2ccccc2)c2ccccc2)cc1. The first-order valence-corrected chi connectivity index (χ1v) is 9.72. The van der Waals surface area contributed by atoms with Gasteiger partial charge in [-0.15, -0.1) is 0 Å². The van der Waals surface area contributed by atoms with Crippen molar-refractivity contribution in [2.24, 2.45) is 0 Å². The Morgan fingerprint density at radius 2 is 0.828 bits per heavy atom. The molecule has 0 saturated heterocycles. The van der Waals surface area contributed by atoms with E-state index in [1.165, 1.54) is 15.9 Å². The summed E-state index contributed by atoms with van der Waals surface area (Å²) in [7, 11) is -0.877. The van der Waals surface area contributed by atoms with Crippen LogP contribution in [0.1, 0.15) is 0 Å². The molecule has 0 bridgehead atoms. The maximum absolute atomic E-state index is 7.50. The van der Waals surface area contributed by atoms with Crippen molar-refractivity contribution in [1.82, 2.24) is 0 Å². The Kier molecular flexibility index (Phi) is 16.0. The van der Waals surface area contributed by atoms with Crippen molar-refractivity contribution in [3.05, 3.63) is 135 Å². The van der Waals surface area contributed by atoms with Crippen molar-refractivity contribution in [3.63, 3.8) is 0 Å². The molecule has 144 valence electrons. The van der Waals surface area contributed by atoms with E-state index in [4.69, 9.17) is 9.30 Å².